The zero-order chi connectivity index (χ0) is 24.9. The van der Waals surface area contributed by atoms with Gasteiger partial charge in [-0.1, -0.05) is 0 Å². The fourth-order valence-corrected chi connectivity index (χ4v) is 5.00. The van der Waals surface area contributed by atoms with E-state index in [1.807, 2.05) is 23.6 Å². The molecule has 1 amide bonds. The molecule has 192 valence electrons. The number of alkyl halides is 1. The van der Waals surface area contributed by atoms with E-state index in [1.165, 1.54) is 0 Å². The molecule has 12 heteroatoms. The molecule has 0 radical (unpaired) electrons. The van der Waals surface area contributed by atoms with Crippen LogP contribution in [0, 0.1) is 0 Å². The molecule has 0 bridgehead atoms. The van der Waals surface area contributed by atoms with Crippen molar-refractivity contribution in [3.05, 3.63) is 30.2 Å². The highest BCUT2D eigenvalue weighted by Gasteiger charge is 2.43. The number of carbonyl (C=O) groups excluding carboxylic acids is 1. The molecule has 4 heterocycles. The molecule has 3 atom stereocenters. The van der Waals surface area contributed by atoms with Gasteiger partial charge >= 0.3 is 6.09 Å². The molecule has 1 saturated heterocycles. The van der Waals surface area contributed by atoms with E-state index in [-0.39, 0.29) is 5.54 Å². The molecular formula is C24H32FN9O2. The second-order valence-electron chi connectivity index (χ2n) is 10.5. The number of aromatic amines is 1. The third-order valence-corrected chi connectivity index (χ3v) is 7.60. The Labute approximate surface area is 208 Å². The van der Waals surface area contributed by atoms with Crippen LogP contribution >= 0.6 is 0 Å². The van der Waals surface area contributed by atoms with E-state index in [9.17, 15) is 4.79 Å². The van der Waals surface area contributed by atoms with Gasteiger partial charge in [-0.25, -0.2) is 14.2 Å². The molecule has 11 nitrogen and oxygen atoms in total. The summed E-state index contributed by atoms with van der Waals surface area (Å²) in [6.45, 7) is 5.71. The number of fused-ring (bicyclic) bond motifs is 1. The van der Waals surface area contributed by atoms with E-state index in [0.717, 1.165) is 50.5 Å². The SMILES string of the molecule is CN1CCN(c2cc3nccn3c(Nc3cc([C@@H]4CC[C@H](OC(=O)NC5(C)CC5)[C@H]4F)[nH]n3)n2)CC1. The highest BCUT2D eigenvalue weighted by molar-refractivity contribution is 5.69. The third-order valence-electron chi connectivity index (χ3n) is 7.60. The molecule has 3 aromatic rings. The predicted molar refractivity (Wildman–Crippen MR) is 132 cm³/mol. The molecule has 3 aromatic heterocycles. The van der Waals surface area contributed by atoms with Gasteiger partial charge in [-0.05, 0) is 39.7 Å². The van der Waals surface area contributed by atoms with Crippen molar-refractivity contribution in [3.8, 4) is 0 Å². The van der Waals surface area contributed by atoms with E-state index in [0.29, 0.717) is 30.3 Å². The highest BCUT2D eigenvalue weighted by atomic mass is 19.1. The maximum absolute atomic E-state index is 15.2. The zero-order valence-corrected chi connectivity index (χ0v) is 20.6. The molecule has 3 aliphatic rings. The smallest absolute Gasteiger partial charge is 0.407 e. The summed E-state index contributed by atoms with van der Waals surface area (Å²) in [5.74, 6) is 1.57. The number of nitrogens with one attached hydrogen (secondary N) is 3. The summed E-state index contributed by atoms with van der Waals surface area (Å²) in [6, 6.07) is 3.79. The van der Waals surface area contributed by atoms with Crippen molar-refractivity contribution in [3.63, 3.8) is 0 Å². The van der Waals surface area contributed by atoms with E-state index in [4.69, 9.17) is 9.72 Å². The maximum Gasteiger partial charge on any atom is 0.407 e. The Bertz CT molecular complexity index is 1250. The Morgan fingerprint density at radius 3 is 2.81 bits per heavy atom. The Morgan fingerprint density at radius 1 is 1.22 bits per heavy atom. The number of H-pyrrole nitrogens is 1. The molecule has 2 saturated carbocycles. The number of anilines is 3. The van der Waals surface area contributed by atoms with Crippen molar-refractivity contribution in [2.24, 2.45) is 0 Å². The van der Waals surface area contributed by atoms with Crippen LogP contribution in [0.4, 0.5) is 26.8 Å². The van der Waals surface area contributed by atoms with Crippen molar-refractivity contribution in [1.29, 1.82) is 0 Å². The lowest BCUT2D eigenvalue weighted by Crippen LogP contribution is -2.44. The van der Waals surface area contributed by atoms with Crippen LogP contribution in [-0.2, 0) is 4.74 Å². The fourth-order valence-electron chi connectivity index (χ4n) is 5.00. The molecule has 0 unspecified atom stereocenters. The van der Waals surface area contributed by atoms with Crippen molar-refractivity contribution < 1.29 is 13.9 Å². The van der Waals surface area contributed by atoms with E-state index in [1.54, 1.807) is 12.3 Å². The molecule has 0 spiro atoms. The Morgan fingerprint density at radius 2 is 2.03 bits per heavy atom. The largest absolute Gasteiger partial charge is 0.443 e. The number of aromatic nitrogens is 5. The van der Waals surface area contributed by atoms with E-state index < -0.39 is 24.3 Å². The summed E-state index contributed by atoms with van der Waals surface area (Å²) < 4.78 is 22.5. The minimum Gasteiger partial charge on any atom is -0.443 e. The van der Waals surface area contributed by atoms with Gasteiger partial charge in [-0.3, -0.25) is 9.50 Å². The summed E-state index contributed by atoms with van der Waals surface area (Å²) >= 11 is 0. The van der Waals surface area contributed by atoms with Gasteiger partial charge < -0.3 is 25.2 Å². The summed E-state index contributed by atoms with van der Waals surface area (Å²) in [5, 5.41) is 13.4. The topological polar surface area (TPSA) is 116 Å². The van der Waals surface area contributed by atoms with Gasteiger partial charge in [0.25, 0.3) is 0 Å². The second-order valence-corrected chi connectivity index (χ2v) is 10.5. The van der Waals surface area contributed by atoms with Gasteiger partial charge in [0.1, 0.15) is 23.7 Å². The van der Waals surface area contributed by atoms with Crippen LogP contribution in [0.1, 0.15) is 44.2 Å². The standard InChI is InChI=1S/C24H32FN9O2/c1-24(5-6-24)29-23(35)36-17-4-3-15(21(17)25)16-13-18(31-30-16)27-22-28-20(14-19-26-7-8-34(19)22)33-11-9-32(2)10-12-33/h7-8,13-15,17,21H,3-6,9-12H2,1-2H3,(H,29,35)(H2,27,28,30,31)/t15-,17-,21-/m0/s1. The van der Waals surface area contributed by atoms with Crippen molar-refractivity contribution in [2.45, 2.75) is 56.3 Å². The van der Waals surface area contributed by atoms with E-state index >= 15 is 4.39 Å². The molecule has 1 aliphatic heterocycles. The van der Waals surface area contributed by atoms with Gasteiger partial charge in [0.15, 0.2) is 5.82 Å². The Kier molecular flexibility index (Phi) is 5.70. The van der Waals surface area contributed by atoms with Crippen LogP contribution in [0.25, 0.3) is 5.65 Å². The number of carbonyl (C=O) groups is 1. The molecule has 0 aromatic carbocycles. The van der Waals surface area contributed by atoms with Gasteiger partial charge in [0, 0.05) is 67.9 Å². The number of hydrogen-bond acceptors (Lipinski definition) is 8. The summed E-state index contributed by atoms with van der Waals surface area (Å²) in [5.41, 5.74) is 1.26. The minimum absolute atomic E-state index is 0.193. The van der Waals surface area contributed by atoms with Gasteiger partial charge in [-0.2, -0.15) is 10.1 Å². The molecule has 3 fully saturated rings. The number of piperazine rings is 1. The number of likely N-dealkylation sites (N-methyl/N-ethyl adjacent to an activating group) is 1. The van der Waals surface area contributed by atoms with Gasteiger partial charge in [0.2, 0.25) is 5.95 Å². The molecule has 3 N–H and O–H groups in total. The minimum atomic E-state index is -1.30. The average molecular weight is 498 g/mol. The Hall–Kier alpha value is -3.41. The number of hydrogen-bond donors (Lipinski definition) is 3. The summed E-state index contributed by atoms with van der Waals surface area (Å²) in [4.78, 5) is 26.0. The van der Waals surface area contributed by atoms with Crippen molar-refractivity contribution >= 4 is 29.3 Å². The molecule has 36 heavy (non-hydrogen) atoms. The van der Waals surface area contributed by atoms with Gasteiger partial charge in [-0.15, -0.1) is 0 Å². The average Bonchev–Trinajstić information content (AvgIpc) is 3.23. The van der Waals surface area contributed by atoms with Crippen LogP contribution in [-0.4, -0.2) is 86.6 Å². The van der Waals surface area contributed by atoms with Crippen LogP contribution in [0.2, 0.25) is 0 Å². The predicted octanol–water partition coefficient (Wildman–Crippen LogP) is 2.81. The number of nitrogens with zero attached hydrogens (tertiary/aromatic N) is 6. The van der Waals surface area contributed by atoms with E-state index in [2.05, 4.69) is 42.7 Å². The first-order chi connectivity index (χ1) is 17.4. The van der Waals surface area contributed by atoms with Crippen LogP contribution in [0.5, 0.6) is 0 Å². The monoisotopic (exact) mass is 497 g/mol. The van der Waals surface area contributed by atoms with Crippen LogP contribution in [0.3, 0.4) is 0 Å². The number of rotatable bonds is 6. The molecule has 6 rings (SSSR count). The number of imidazole rings is 1. The van der Waals surface area contributed by atoms with Crippen molar-refractivity contribution in [2.75, 3.05) is 43.4 Å². The highest BCUT2D eigenvalue weighted by Crippen LogP contribution is 2.39. The lowest BCUT2D eigenvalue weighted by Gasteiger charge is -2.33. The first-order valence-corrected chi connectivity index (χ1v) is 12.6. The lowest BCUT2D eigenvalue weighted by atomic mass is 10.0. The fraction of sp³-hybridized carbons (Fsp3) is 0.583. The first kappa shape index (κ1) is 23.0. The number of halogens is 1. The number of amides is 1. The quantitative estimate of drug-likeness (QED) is 0.476. The summed E-state index contributed by atoms with van der Waals surface area (Å²) in [6.07, 6.45) is 3.88. The van der Waals surface area contributed by atoms with Crippen LogP contribution in [0.15, 0.2) is 24.5 Å². The summed E-state index contributed by atoms with van der Waals surface area (Å²) in [7, 11) is 2.12. The first-order valence-electron chi connectivity index (χ1n) is 12.6. The second kappa shape index (κ2) is 8.91. The zero-order valence-electron chi connectivity index (χ0n) is 20.6. The molecule has 2 aliphatic carbocycles. The van der Waals surface area contributed by atoms with Crippen LogP contribution < -0.4 is 15.5 Å². The Balaban J connectivity index is 1.15. The maximum atomic E-state index is 15.2. The van der Waals surface area contributed by atoms with Crippen molar-refractivity contribution in [1.82, 2.24) is 34.8 Å². The number of ether oxygens (including phenoxy) is 1. The lowest BCUT2D eigenvalue weighted by molar-refractivity contribution is 0.0546. The molecular weight excluding hydrogens is 465 g/mol. The normalized spacial score (nSPS) is 25.8. The number of alkyl carbamates (subject to hydrolysis) is 1. The third kappa shape index (κ3) is 4.57. The van der Waals surface area contributed by atoms with Gasteiger partial charge in [0.05, 0.1) is 0 Å².